The van der Waals surface area contributed by atoms with Crippen LogP contribution in [-0.4, -0.2) is 44.4 Å². The van der Waals surface area contributed by atoms with Crippen molar-refractivity contribution in [3.63, 3.8) is 0 Å². The normalized spacial score (nSPS) is 10.7. The van der Waals surface area contributed by atoms with Gasteiger partial charge in [0.15, 0.2) is 5.78 Å². The fourth-order valence-electron chi connectivity index (χ4n) is 1.56. The summed E-state index contributed by atoms with van der Waals surface area (Å²) < 4.78 is 0. The number of ketones is 1. The highest BCUT2D eigenvalue weighted by molar-refractivity contribution is 5.82. The second-order valence-corrected chi connectivity index (χ2v) is 4.04. The van der Waals surface area contributed by atoms with Gasteiger partial charge in [-0.05, 0) is 19.7 Å². The third-order valence-corrected chi connectivity index (χ3v) is 2.43. The largest absolute Gasteiger partial charge is 0.318 e. The van der Waals surface area contributed by atoms with Crippen LogP contribution in [0.25, 0.3) is 0 Å². The van der Waals surface area contributed by atoms with E-state index in [0.29, 0.717) is 13.0 Å². The Kier molecular flexibility index (Phi) is 5.75. The van der Waals surface area contributed by atoms with Crippen LogP contribution in [0.5, 0.6) is 0 Å². The Morgan fingerprint density at radius 2 is 2.00 bits per heavy atom. The fourth-order valence-corrected chi connectivity index (χ4v) is 1.56. The quantitative estimate of drug-likeness (QED) is 0.742. The van der Waals surface area contributed by atoms with Gasteiger partial charge in [0, 0.05) is 19.5 Å². The van der Waals surface area contributed by atoms with Gasteiger partial charge in [0.05, 0.1) is 6.54 Å². The molecule has 3 heteroatoms. The molecule has 1 aromatic carbocycles. The van der Waals surface area contributed by atoms with Crippen LogP contribution >= 0.6 is 0 Å². The number of hydrogen-bond donors (Lipinski definition) is 1. The number of hydrogen-bond acceptors (Lipinski definition) is 3. The summed E-state index contributed by atoms with van der Waals surface area (Å²) in [5.41, 5.74) is 1.09. The number of rotatable bonds is 7. The number of likely N-dealkylation sites (N-methyl/N-ethyl adjacent to an activating group) is 2. The van der Waals surface area contributed by atoms with Crippen molar-refractivity contribution < 1.29 is 4.79 Å². The number of carbonyl (C=O) groups excluding carboxylic acids is 1. The molecule has 0 aliphatic heterocycles. The van der Waals surface area contributed by atoms with Crippen LogP contribution in [0.2, 0.25) is 0 Å². The Morgan fingerprint density at radius 1 is 1.31 bits per heavy atom. The molecule has 0 aliphatic carbocycles. The van der Waals surface area contributed by atoms with E-state index in [4.69, 9.17) is 0 Å². The summed E-state index contributed by atoms with van der Waals surface area (Å²) >= 11 is 0. The van der Waals surface area contributed by atoms with Crippen molar-refractivity contribution in [2.24, 2.45) is 0 Å². The molecule has 0 radical (unpaired) electrons. The highest BCUT2D eigenvalue weighted by Gasteiger charge is 2.06. The minimum atomic E-state index is 0.268. The van der Waals surface area contributed by atoms with Gasteiger partial charge in [0.2, 0.25) is 0 Å². The first-order valence-corrected chi connectivity index (χ1v) is 5.61. The summed E-state index contributed by atoms with van der Waals surface area (Å²) in [4.78, 5) is 13.8. The molecule has 0 atom stereocenters. The summed E-state index contributed by atoms with van der Waals surface area (Å²) in [6.45, 7) is 2.34. The third kappa shape index (κ3) is 5.05. The van der Waals surface area contributed by atoms with E-state index in [1.54, 1.807) is 0 Å². The van der Waals surface area contributed by atoms with Crippen LogP contribution < -0.4 is 5.32 Å². The van der Waals surface area contributed by atoms with Crippen LogP contribution in [0.1, 0.15) is 5.56 Å². The molecule has 1 rings (SSSR count). The van der Waals surface area contributed by atoms with Crippen molar-refractivity contribution in [2.75, 3.05) is 33.7 Å². The zero-order valence-electron chi connectivity index (χ0n) is 10.1. The first kappa shape index (κ1) is 12.9. The lowest BCUT2D eigenvalue weighted by atomic mass is 10.1. The Labute approximate surface area is 97.5 Å². The van der Waals surface area contributed by atoms with Crippen molar-refractivity contribution in [1.82, 2.24) is 10.2 Å². The standard InChI is InChI=1S/C13H20N2O/c1-14-8-9-15(2)11-13(16)10-12-6-4-3-5-7-12/h3-7,14H,8-11H2,1-2H3. The van der Waals surface area contributed by atoms with E-state index in [2.05, 4.69) is 5.32 Å². The topological polar surface area (TPSA) is 32.3 Å². The van der Waals surface area contributed by atoms with Crippen LogP contribution in [0.4, 0.5) is 0 Å². The van der Waals surface area contributed by atoms with Crippen molar-refractivity contribution >= 4 is 5.78 Å². The highest BCUT2D eigenvalue weighted by Crippen LogP contribution is 2.00. The molecule has 3 nitrogen and oxygen atoms in total. The predicted molar refractivity (Wildman–Crippen MR) is 66.6 cm³/mol. The number of nitrogens with one attached hydrogen (secondary N) is 1. The SMILES string of the molecule is CNCCN(C)CC(=O)Cc1ccccc1. The number of nitrogens with zero attached hydrogens (tertiary/aromatic N) is 1. The van der Waals surface area contributed by atoms with Gasteiger partial charge >= 0.3 is 0 Å². The molecule has 16 heavy (non-hydrogen) atoms. The van der Waals surface area contributed by atoms with Crippen LogP contribution in [0, 0.1) is 0 Å². The Hall–Kier alpha value is -1.19. The number of carbonyl (C=O) groups is 1. The molecule has 1 N–H and O–H groups in total. The van der Waals surface area contributed by atoms with Gasteiger partial charge in [-0.25, -0.2) is 0 Å². The Balaban J connectivity index is 2.31. The van der Waals surface area contributed by atoms with Gasteiger partial charge in [0.1, 0.15) is 0 Å². The van der Waals surface area contributed by atoms with Crippen LogP contribution in [0.3, 0.4) is 0 Å². The monoisotopic (exact) mass is 220 g/mol. The van der Waals surface area contributed by atoms with E-state index in [0.717, 1.165) is 18.7 Å². The smallest absolute Gasteiger partial charge is 0.151 e. The lowest BCUT2D eigenvalue weighted by Crippen LogP contribution is -2.32. The van der Waals surface area contributed by atoms with Gasteiger partial charge in [-0.2, -0.15) is 0 Å². The predicted octanol–water partition coefficient (Wildman–Crippen LogP) is 0.949. The second-order valence-electron chi connectivity index (χ2n) is 4.04. The fraction of sp³-hybridized carbons (Fsp3) is 0.462. The maximum Gasteiger partial charge on any atom is 0.151 e. The Morgan fingerprint density at radius 3 is 2.62 bits per heavy atom. The van der Waals surface area contributed by atoms with Gasteiger partial charge in [-0.3, -0.25) is 9.69 Å². The maximum absolute atomic E-state index is 11.7. The van der Waals surface area contributed by atoms with E-state index < -0.39 is 0 Å². The molecule has 1 aromatic rings. The van der Waals surface area contributed by atoms with E-state index in [-0.39, 0.29) is 5.78 Å². The van der Waals surface area contributed by atoms with E-state index in [9.17, 15) is 4.79 Å². The molecule has 0 bridgehead atoms. The zero-order valence-corrected chi connectivity index (χ0v) is 10.1. The third-order valence-electron chi connectivity index (χ3n) is 2.43. The van der Waals surface area contributed by atoms with E-state index >= 15 is 0 Å². The van der Waals surface area contributed by atoms with Crippen molar-refractivity contribution in [3.8, 4) is 0 Å². The summed E-state index contributed by atoms with van der Waals surface area (Å²) in [6.07, 6.45) is 0.532. The molecule has 0 saturated carbocycles. The van der Waals surface area contributed by atoms with Gasteiger partial charge in [-0.15, -0.1) is 0 Å². The van der Waals surface area contributed by atoms with Gasteiger partial charge in [0.25, 0.3) is 0 Å². The molecule has 0 spiro atoms. The molecule has 0 heterocycles. The van der Waals surface area contributed by atoms with Crippen molar-refractivity contribution in [1.29, 1.82) is 0 Å². The maximum atomic E-state index is 11.7. The average Bonchev–Trinajstić information content (AvgIpc) is 2.27. The van der Waals surface area contributed by atoms with Gasteiger partial charge < -0.3 is 5.32 Å². The van der Waals surface area contributed by atoms with Crippen molar-refractivity contribution in [2.45, 2.75) is 6.42 Å². The molecule has 0 unspecified atom stereocenters. The Bertz CT molecular complexity index is 311. The second kappa shape index (κ2) is 7.14. The highest BCUT2D eigenvalue weighted by atomic mass is 16.1. The molecule has 0 aliphatic rings. The molecule has 88 valence electrons. The molecule has 0 saturated heterocycles. The lowest BCUT2D eigenvalue weighted by Gasteiger charge is -2.15. The molecule has 0 aromatic heterocycles. The van der Waals surface area contributed by atoms with E-state index in [1.807, 2.05) is 49.3 Å². The lowest BCUT2D eigenvalue weighted by molar-refractivity contribution is -0.119. The van der Waals surface area contributed by atoms with E-state index in [1.165, 1.54) is 0 Å². The summed E-state index contributed by atoms with van der Waals surface area (Å²) in [5, 5.41) is 3.07. The molecular formula is C13H20N2O. The first-order chi connectivity index (χ1) is 7.72. The van der Waals surface area contributed by atoms with Crippen molar-refractivity contribution in [3.05, 3.63) is 35.9 Å². The first-order valence-electron chi connectivity index (χ1n) is 5.61. The minimum Gasteiger partial charge on any atom is -0.318 e. The minimum absolute atomic E-state index is 0.268. The number of benzene rings is 1. The van der Waals surface area contributed by atoms with Gasteiger partial charge in [-0.1, -0.05) is 30.3 Å². The zero-order chi connectivity index (χ0) is 11.8. The molecular weight excluding hydrogens is 200 g/mol. The average molecular weight is 220 g/mol. The van der Waals surface area contributed by atoms with Crippen LogP contribution in [-0.2, 0) is 11.2 Å². The summed E-state index contributed by atoms with van der Waals surface area (Å²) in [7, 11) is 3.89. The molecule has 0 fully saturated rings. The number of Topliss-reactive ketones (excluding diaryl/α,β-unsaturated/α-hetero) is 1. The van der Waals surface area contributed by atoms with Crippen LogP contribution in [0.15, 0.2) is 30.3 Å². The summed E-state index contributed by atoms with van der Waals surface area (Å²) in [6, 6.07) is 9.88. The summed E-state index contributed by atoms with van der Waals surface area (Å²) in [5.74, 6) is 0.268. The molecule has 0 amide bonds.